The van der Waals surface area contributed by atoms with E-state index in [1.54, 1.807) is 35.7 Å². The van der Waals surface area contributed by atoms with E-state index in [9.17, 15) is 8.42 Å². The zero-order valence-electron chi connectivity index (χ0n) is 13.9. The van der Waals surface area contributed by atoms with Gasteiger partial charge in [-0.3, -0.25) is 4.90 Å². The molecule has 2 unspecified atom stereocenters. The Labute approximate surface area is 144 Å². The molecule has 23 heavy (non-hydrogen) atoms. The van der Waals surface area contributed by atoms with Gasteiger partial charge < -0.3 is 4.74 Å². The molecule has 0 radical (unpaired) electrons. The van der Waals surface area contributed by atoms with Gasteiger partial charge in [0.25, 0.3) is 0 Å². The van der Waals surface area contributed by atoms with E-state index in [1.807, 2.05) is 0 Å². The second-order valence-corrected chi connectivity index (χ2v) is 8.35. The van der Waals surface area contributed by atoms with Crippen molar-refractivity contribution in [2.24, 2.45) is 0 Å². The highest BCUT2D eigenvalue weighted by molar-refractivity contribution is 7.89. The SMILES string of the molecule is COCCCN1C(C)CN(S(=O)(=O)c2ccccc2Cl)CC1C. The Morgan fingerprint density at radius 2 is 1.83 bits per heavy atom. The first kappa shape index (κ1) is 18.7. The van der Waals surface area contributed by atoms with Crippen LogP contribution < -0.4 is 0 Å². The molecule has 1 aromatic rings. The van der Waals surface area contributed by atoms with Crippen molar-refractivity contribution in [3.63, 3.8) is 0 Å². The first-order valence-electron chi connectivity index (χ1n) is 7.87. The molecule has 7 heteroatoms. The first-order valence-corrected chi connectivity index (χ1v) is 9.69. The average molecular weight is 361 g/mol. The molecule has 1 aliphatic heterocycles. The van der Waals surface area contributed by atoms with Gasteiger partial charge in [0.15, 0.2) is 0 Å². The molecule has 0 spiro atoms. The predicted octanol–water partition coefficient (Wildman–Crippen LogP) is 2.46. The average Bonchev–Trinajstić information content (AvgIpc) is 2.50. The monoisotopic (exact) mass is 360 g/mol. The molecule has 0 N–H and O–H groups in total. The quantitative estimate of drug-likeness (QED) is 0.731. The van der Waals surface area contributed by atoms with Crippen LogP contribution in [0.4, 0.5) is 0 Å². The Balaban J connectivity index is 2.13. The highest BCUT2D eigenvalue weighted by atomic mass is 35.5. The maximum absolute atomic E-state index is 12.9. The summed E-state index contributed by atoms with van der Waals surface area (Å²) < 4.78 is 32.4. The van der Waals surface area contributed by atoms with Crippen LogP contribution >= 0.6 is 11.6 Å². The number of benzene rings is 1. The number of nitrogens with zero attached hydrogens (tertiary/aromatic N) is 2. The van der Waals surface area contributed by atoms with Crippen LogP contribution in [0.25, 0.3) is 0 Å². The lowest BCUT2D eigenvalue weighted by atomic mass is 10.1. The minimum atomic E-state index is -3.56. The molecule has 1 fully saturated rings. The number of rotatable bonds is 6. The fourth-order valence-corrected chi connectivity index (χ4v) is 5.23. The van der Waals surface area contributed by atoms with Crippen LogP contribution in [0.3, 0.4) is 0 Å². The van der Waals surface area contributed by atoms with Crippen LogP contribution in [0.15, 0.2) is 29.2 Å². The van der Waals surface area contributed by atoms with Crippen molar-refractivity contribution in [1.82, 2.24) is 9.21 Å². The van der Waals surface area contributed by atoms with Crippen molar-refractivity contribution in [3.05, 3.63) is 29.3 Å². The summed E-state index contributed by atoms with van der Waals surface area (Å²) in [5, 5.41) is 0.273. The highest BCUT2D eigenvalue weighted by Crippen LogP contribution is 2.27. The molecule has 0 saturated carbocycles. The van der Waals surface area contributed by atoms with Crippen LogP contribution in [0.5, 0.6) is 0 Å². The molecule has 1 aromatic carbocycles. The van der Waals surface area contributed by atoms with Gasteiger partial charge in [-0.2, -0.15) is 4.31 Å². The van der Waals surface area contributed by atoms with Gasteiger partial charge in [-0.15, -0.1) is 0 Å². The van der Waals surface area contributed by atoms with Crippen molar-refractivity contribution >= 4 is 21.6 Å². The number of sulfonamides is 1. The smallest absolute Gasteiger partial charge is 0.244 e. The third-order valence-electron chi connectivity index (χ3n) is 4.29. The number of methoxy groups -OCH3 is 1. The van der Waals surface area contributed by atoms with Crippen molar-refractivity contribution in [2.45, 2.75) is 37.2 Å². The standard InChI is InChI=1S/C16H25ClN2O3S/c1-13-11-18(12-14(2)19(13)9-6-10-22-3)23(20,21)16-8-5-4-7-15(16)17/h4-5,7-8,13-14H,6,9-12H2,1-3H3. The van der Waals surface area contributed by atoms with E-state index in [0.717, 1.165) is 19.6 Å². The predicted molar refractivity (Wildman–Crippen MR) is 92.3 cm³/mol. The minimum absolute atomic E-state index is 0.160. The number of hydrogen-bond donors (Lipinski definition) is 0. The topological polar surface area (TPSA) is 49.9 Å². The highest BCUT2D eigenvalue weighted by Gasteiger charge is 2.36. The normalized spacial score (nSPS) is 24.0. The summed E-state index contributed by atoms with van der Waals surface area (Å²) in [6.07, 6.45) is 0.947. The van der Waals surface area contributed by atoms with Crippen molar-refractivity contribution < 1.29 is 13.2 Å². The largest absolute Gasteiger partial charge is 0.385 e. The second-order valence-electron chi connectivity index (χ2n) is 6.03. The number of halogens is 1. The van der Waals surface area contributed by atoms with E-state index < -0.39 is 10.0 Å². The zero-order valence-corrected chi connectivity index (χ0v) is 15.5. The molecular weight excluding hydrogens is 336 g/mol. The van der Waals surface area contributed by atoms with E-state index in [4.69, 9.17) is 16.3 Å². The lowest BCUT2D eigenvalue weighted by Crippen LogP contribution is -2.58. The second kappa shape index (κ2) is 7.94. The van der Waals surface area contributed by atoms with Crippen LogP contribution in [-0.2, 0) is 14.8 Å². The number of hydrogen-bond acceptors (Lipinski definition) is 4. The summed E-state index contributed by atoms with van der Waals surface area (Å²) in [5.41, 5.74) is 0. The number of ether oxygens (including phenoxy) is 1. The van der Waals surface area contributed by atoms with Gasteiger partial charge >= 0.3 is 0 Å². The van der Waals surface area contributed by atoms with E-state index in [0.29, 0.717) is 13.1 Å². The molecule has 5 nitrogen and oxygen atoms in total. The molecule has 2 atom stereocenters. The van der Waals surface area contributed by atoms with Crippen molar-refractivity contribution in [2.75, 3.05) is 33.4 Å². The third-order valence-corrected chi connectivity index (χ3v) is 6.62. The Hall–Kier alpha value is -0.660. The maximum Gasteiger partial charge on any atom is 0.244 e. The Bertz CT molecular complexity index is 612. The molecule has 1 heterocycles. The lowest BCUT2D eigenvalue weighted by Gasteiger charge is -2.43. The zero-order chi connectivity index (χ0) is 17.0. The van der Waals surface area contributed by atoms with Crippen molar-refractivity contribution in [3.8, 4) is 0 Å². The van der Waals surface area contributed by atoms with E-state index in [2.05, 4.69) is 18.7 Å². The lowest BCUT2D eigenvalue weighted by molar-refractivity contribution is 0.0666. The fraction of sp³-hybridized carbons (Fsp3) is 0.625. The van der Waals surface area contributed by atoms with Gasteiger partial charge in [-0.1, -0.05) is 23.7 Å². The molecule has 1 aliphatic rings. The molecule has 0 amide bonds. The summed E-state index contributed by atoms with van der Waals surface area (Å²) in [6.45, 7) is 6.72. The van der Waals surface area contributed by atoms with Crippen LogP contribution in [0.2, 0.25) is 5.02 Å². The Morgan fingerprint density at radius 1 is 1.22 bits per heavy atom. The van der Waals surface area contributed by atoms with Crippen LogP contribution in [0, 0.1) is 0 Å². The van der Waals surface area contributed by atoms with E-state index in [1.165, 1.54) is 0 Å². The van der Waals surface area contributed by atoms with Gasteiger partial charge in [0.2, 0.25) is 10.0 Å². The molecule has 130 valence electrons. The maximum atomic E-state index is 12.9. The molecular formula is C16H25ClN2O3S. The summed E-state index contributed by atoms with van der Waals surface area (Å²) in [6, 6.07) is 6.94. The molecule has 1 saturated heterocycles. The first-order chi connectivity index (χ1) is 10.9. The molecule has 2 rings (SSSR count). The van der Waals surface area contributed by atoms with Crippen molar-refractivity contribution in [1.29, 1.82) is 0 Å². The Morgan fingerprint density at radius 3 is 2.39 bits per heavy atom. The van der Waals surface area contributed by atoms with E-state index >= 15 is 0 Å². The van der Waals surface area contributed by atoms with Gasteiger partial charge in [0.1, 0.15) is 4.90 Å². The summed E-state index contributed by atoms with van der Waals surface area (Å²) >= 11 is 6.08. The summed E-state index contributed by atoms with van der Waals surface area (Å²) in [5.74, 6) is 0. The molecule has 0 aromatic heterocycles. The molecule has 0 bridgehead atoms. The van der Waals surface area contributed by atoms with Gasteiger partial charge in [-0.05, 0) is 32.4 Å². The third kappa shape index (κ3) is 4.25. The Kier molecular flexibility index (Phi) is 6.45. The van der Waals surface area contributed by atoms with E-state index in [-0.39, 0.29) is 22.0 Å². The molecule has 0 aliphatic carbocycles. The number of piperazine rings is 1. The summed E-state index contributed by atoms with van der Waals surface area (Å²) in [4.78, 5) is 2.53. The van der Waals surface area contributed by atoms with Gasteiger partial charge in [-0.25, -0.2) is 8.42 Å². The van der Waals surface area contributed by atoms with Crippen LogP contribution in [0.1, 0.15) is 20.3 Å². The van der Waals surface area contributed by atoms with Gasteiger partial charge in [0, 0.05) is 45.4 Å². The van der Waals surface area contributed by atoms with Crippen LogP contribution in [-0.4, -0.2) is 63.1 Å². The fourth-order valence-electron chi connectivity index (χ4n) is 3.13. The summed E-state index contributed by atoms with van der Waals surface area (Å²) in [7, 11) is -1.86. The minimum Gasteiger partial charge on any atom is -0.385 e. The van der Waals surface area contributed by atoms with Gasteiger partial charge in [0.05, 0.1) is 5.02 Å².